The van der Waals surface area contributed by atoms with Gasteiger partial charge in [0.25, 0.3) is 0 Å². The number of esters is 1. The van der Waals surface area contributed by atoms with Crippen LogP contribution in [0, 0.1) is 32.6 Å². The van der Waals surface area contributed by atoms with E-state index in [1.165, 1.54) is 58.3 Å². The molecule has 2 N–H and O–H groups in total. The zero-order chi connectivity index (χ0) is 51.2. The highest BCUT2D eigenvalue weighted by Crippen LogP contribution is 2.56. The van der Waals surface area contributed by atoms with Crippen LogP contribution in [0.15, 0.2) is 72.8 Å². The lowest BCUT2D eigenvalue weighted by Gasteiger charge is -2.42. The molecule has 0 bridgehead atoms. The van der Waals surface area contributed by atoms with Gasteiger partial charge in [0.15, 0.2) is 6.29 Å². The summed E-state index contributed by atoms with van der Waals surface area (Å²) in [7, 11) is 2.26. The molecule has 2 heterocycles. The summed E-state index contributed by atoms with van der Waals surface area (Å²) in [6.45, 7) is 20.6. The van der Waals surface area contributed by atoms with Gasteiger partial charge in [0, 0.05) is 31.5 Å². The molecule has 1 amide bonds. The molecule has 3 aromatic carbocycles. The molecule has 5 rings (SSSR count). The van der Waals surface area contributed by atoms with Gasteiger partial charge in [-0.05, 0) is 179 Å². The summed E-state index contributed by atoms with van der Waals surface area (Å²) < 4.78 is 19.0. The number of rotatable bonds is 18. The van der Waals surface area contributed by atoms with Gasteiger partial charge in [0.1, 0.15) is 34.9 Å². The first-order chi connectivity index (χ1) is 33.1. The van der Waals surface area contributed by atoms with Crippen molar-refractivity contribution < 1.29 is 34.0 Å². The monoisotopic (exact) mass is 986 g/mol. The van der Waals surface area contributed by atoms with E-state index in [2.05, 4.69) is 126 Å². The van der Waals surface area contributed by atoms with Gasteiger partial charge >= 0.3 is 5.97 Å². The second-order valence-electron chi connectivity index (χ2n) is 22.7. The largest absolute Gasteiger partial charge is 0.459 e. The van der Waals surface area contributed by atoms with Crippen molar-refractivity contribution in [2.45, 2.75) is 220 Å². The standard InChI is InChI=1S/C60H94N2O7P/c1-13-54-60(10,66)41-48(7)62(42-46(5)40-59(9,65)55(33-32-47(6)58(64)69-54)68-57-39-50(61(11)12)38-49(8)67-57)56(63)31-20-18-16-14-15-17-19-21-34-70(51-28-22-25-43(2)35-51,52-29-23-26-44(3)36-52)53-30-24-27-45(4)37-53/h22-30,35-37,46-50,54-55,57,65-66H,13-21,31-34,38-42H2,1-12H3/q+1/t46-,47-,48-,49-,50+,54-,55-,57+,59-,60+/m1/s1. The summed E-state index contributed by atoms with van der Waals surface area (Å²) in [5.41, 5.74) is 1.32. The summed E-state index contributed by atoms with van der Waals surface area (Å²) in [6.07, 6.45) is 12.1. The summed E-state index contributed by atoms with van der Waals surface area (Å²) in [5, 5.41) is 28.6. The third-order valence-corrected chi connectivity index (χ3v) is 20.0. The number of carbonyl (C=O) groups is 2. The fourth-order valence-corrected chi connectivity index (χ4v) is 16.2. The first kappa shape index (κ1) is 57.7. The number of aryl methyl sites for hydroxylation is 3. The molecule has 9 nitrogen and oxygen atoms in total. The van der Waals surface area contributed by atoms with Gasteiger partial charge < -0.3 is 34.2 Å². The van der Waals surface area contributed by atoms with E-state index in [1.807, 2.05) is 32.6 Å². The highest BCUT2D eigenvalue weighted by Gasteiger charge is 2.46. The Labute approximate surface area is 425 Å². The molecule has 0 aliphatic carbocycles. The molecule has 2 aliphatic rings. The molecule has 0 spiro atoms. The van der Waals surface area contributed by atoms with Crippen molar-refractivity contribution in [1.82, 2.24) is 9.80 Å². The van der Waals surface area contributed by atoms with Crippen molar-refractivity contribution >= 4 is 35.1 Å². The average molecular weight is 986 g/mol. The molecule has 3 aromatic rings. The molecule has 70 heavy (non-hydrogen) atoms. The van der Waals surface area contributed by atoms with Crippen molar-refractivity contribution in [3.63, 3.8) is 0 Å². The van der Waals surface area contributed by atoms with Crippen LogP contribution in [-0.2, 0) is 23.8 Å². The summed E-state index contributed by atoms with van der Waals surface area (Å²) in [6, 6.07) is 27.7. The van der Waals surface area contributed by atoms with Gasteiger partial charge in [0.05, 0.1) is 29.9 Å². The number of cyclic esters (lactones) is 1. The lowest BCUT2D eigenvalue weighted by atomic mass is 9.84. The molecular formula is C60H94N2O7P+. The topological polar surface area (TPSA) is 109 Å². The van der Waals surface area contributed by atoms with Crippen LogP contribution in [0.1, 0.15) is 168 Å². The van der Waals surface area contributed by atoms with E-state index in [1.54, 1.807) is 6.92 Å². The Morgan fingerprint density at radius 2 is 1.29 bits per heavy atom. The summed E-state index contributed by atoms with van der Waals surface area (Å²) in [5.74, 6) is -0.844. The molecule has 2 saturated heterocycles. The number of hydrogen-bond donors (Lipinski definition) is 2. The third-order valence-electron chi connectivity index (χ3n) is 15.6. The van der Waals surface area contributed by atoms with E-state index in [4.69, 9.17) is 14.2 Å². The van der Waals surface area contributed by atoms with Crippen molar-refractivity contribution in [3.05, 3.63) is 89.5 Å². The molecule has 0 unspecified atom stereocenters. The molecule has 0 aromatic heterocycles. The lowest BCUT2D eigenvalue weighted by Crippen LogP contribution is -2.51. The van der Waals surface area contributed by atoms with E-state index < -0.39 is 42.9 Å². The van der Waals surface area contributed by atoms with E-state index >= 15 is 0 Å². The fraction of sp³-hybridized carbons (Fsp3) is 0.667. The summed E-state index contributed by atoms with van der Waals surface area (Å²) in [4.78, 5) is 32.0. The second kappa shape index (κ2) is 26.7. The van der Waals surface area contributed by atoms with Crippen LogP contribution < -0.4 is 15.9 Å². The Hall–Kier alpha value is -3.17. The van der Waals surface area contributed by atoms with E-state index in [0.717, 1.165) is 38.3 Å². The number of aliphatic hydroxyl groups is 2. The van der Waals surface area contributed by atoms with Crippen LogP contribution in [0.4, 0.5) is 0 Å². The number of nitrogens with zero attached hydrogens (tertiary/aromatic N) is 2. The minimum atomic E-state index is -1.89. The third kappa shape index (κ3) is 16.2. The molecule has 0 radical (unpaired) electrons. The fourth-order valence-electron chi connectivity index (χ4n) is 11.6. The number of unbranched alkanes of at least 4 members (excludes halogenated alkanes) is 7. The number of ether oxygens (including phenoxy) is 3. The molecular weight excluding hydrogens is 892 g/mol. The zero-order valence-electron chi connectivity index (χ0n) is 45.6. The van der Waals surface area contributed by atoms with Crippen molar-refractivity contribution in [2.75, 3.05) is 26.8 Å². The number of benzene rings is 3. The maximum Gasteiger partial charge on any atom is 0.309 e. The molecule has 2 aliphatic heterocycles. The second-order valence-corrected chi connectivity index (χ2v) is 26.3. The lowest BCUT2D eigenvalue weighted by molar-refractivity contribution is -0.252. The highest BCUT2D eigenvalue weighted by molar-refractivity contribution is 7.95. The Kier molecular flexibility index (Phi) is 22.0. The van der Waals surface area contributed by atoms with E-state index in [9.17, 15) is 19.8 Å². The highest BCUT2D eigenvalue weighted by atomic mass is 31.2. The van der Waals surface area contributed by atoms with Crippen molar-refractivity contribution in [1.29, 1.82) is 0 Å². The predicted molar refractivity (Wildman–Crippen MR) is 291 cm³/mol. The first-order valence-corrected chi connectivity index (χ1v) is 29.1. The molecule has 2 fully saturated rings. The zero-order valence-corrected chi connectivity index (χ0v) is 46.4. The number of amides is 1. The minimum absolute atomic E-state index is 0.00774. The van der Waals surface area contributed by atoms with Crippen LogP contribution >= 0.6 is 7.26 Å². The average Bonchev–Trinajstić information content (AvgIpc) is 3.29. The van der Waals surface area contributed by atoms with Crippen LogP contribution in [-0.4, -0.2) is 107 Å². The van der Waals surface area contributed by atoms with Crippen LogP contribution in [0.2, 0.25) is 0 Å². The Morgan fingerprint density at radius 3 is 1.80 bits per heavy atom. The van der Waals surface area contributed by atoms with Crippen LogP contribution in [0.25, 0.3) is 0 Å². The maximum atomic E-state index is 14.3. The quantitative estimate of drug-likeness (QED) is 0.0737. The normalized spacial score (nSPS) is 28.8. The van der Waals surface area contributed by atoms with Crippen LogP contribution in [0.3, 0.4) is 0 Å². The minimum Gasteiger partial charge on any atom is -0.459 e. The van der Waals surface area contributed by atoms with Gasteiger partial charge in [-0.1, -0.05) is 89.3 Å². The Morgan fingerprint density at radius 1 is 0.757 bits per heavy atom. The van der Waals surface area contributed by atoms with Crippen molar-refractivity contribution in [3.8, 4) is 0 Å². The van der Waals surface area contributed by atoms with Gasteiger partial charge in [-0.2, -0.15) is 0 Å². The Bertz CT molecular complexity index is 1980. The number of carbonyl (C=O) groups excluding carboxylic acids is 2. The van der Waals surface area contributed by atoms with Gasteiger partial charge in [-0.15, -0.1) is 0 Å². The molecule has 0 saturated carbocycles. The molecule has 390 valence electrons. The van der Waals surface area contributed by atoms with E-state index in [0.29, 0.717) is 45.1 Å². The van der Waals surface area contributed by atoms with Crippen molar-refractivity contribution in [2.24, 2.45) is 11.8 Å². The first-order valence-electron chi connectivity index (χ1n) is 27.2. The summed E-state index contributed by atoms with van der Waals surface area (Å²) >= 11 is 0. The molecule has 10 atom stereocenters. The van der Waals surface area contributed by atoms with Crippen LogP contribution in [0.5, 0.6) is 0 Å². The molecule has 10 heteroatoms. The smallest absolute Gasteiger partial charge is 0.309 e. The van der Waals surface area contributed by atoms with Gasteiger partial charge in [-0.25, -0.2) is 0 Å². The Balaban J connectivity index is 1.20. The van der Waals surface area contributed by atoms with Gasteiger partial charge in [-0.3, -0.25) is 9.59 Å². The van der Waals surface area contributed by atoms with Gasteiger partial charge in [0.2, 0.25) is 5.91 Å². The SMILES string of the molecule is CC[C@H]1OC(=O)[C@H](C)CC[C@@H](O[C@H]2C[C@@H](N(C)C)C[C@@H](C)O2)[C@](C)(O)C[C@@H](C)CN(C(=O)CCCCCCCCCC[P+](c2cccc(C)c2)(c2cccc(C)c2)c2cccc(C)c2)[C@H](C)C[C@]1(C)O. The van der Waals surface area contributed by atoms with E-state index in [-0.39, 0.29) is 42.4 Å². The predicted octanol–water partition coefficient (Wildman–Crippen LogP) is 11.1. The maximum absolute atomic E-state index is 14.3. The number of hydrogen-bond acceptors (Lipinski definition) is 8.